The van der Waals surface area contributed by atoms with E-state index in [2.05, 4.69) is 235 Å². The lowest BCUT2D eigenvalue weighted by molar-refractivity contribution is 0.753. The van der Waals surface area contributed by atoms with Crippen LogP contribution in [0.3, 0.4) is 0 Å². The molecule has 2 aliphatic heterocycles. The van der Waals surface area contributed by atoms with Gasteiger partial charge < -0.3 is 10.2 Å². The summed E-state index contributed by atoms with van der Waals surface area (Å²) in [7, 11) is 0. The molecule has 0 amide bonds. The van der Waals surface area contributed by atoms with Crippen LogP contribution in [0.15, 0.2) is 229 Å². The molecule has 12 rings (SSSR count). The van der Waals surface area contributed by atoms with Crippen LogP contribution in [0.2, 0.25) is 0 Å². The third kappa shape index (κ3) is 5.19. The Hall–Kier alpha value is -7.75. The molecule has 0 bridgehead atoms. The predicted octanol–water partition coefficient (Wildman–Crippen LogP) is 14.1. The molecule has 3 aliphatic rings. The number of para-hydroxylation sites is 4. The molecule has 0 saturated heterocycles. The molecule has 1 spiro atoms. The Balaban J connectivity index is 0.989. The number of nitrogens with one attached hydrogen (secondary N) is 1. The van der Waals surface area contributed by atoms with Crippen molar-refractivity contribution in [1.29, 1.82) is 0 Å². The molecule has 1 unspecified atom stereocenters. The summed E-state index contributed by atoms with van der Waals surface area (Å²) >= 11 is 0. The topological polar surface area (TPSA) is 27.6 Å². The number of hydrogen-bond donors (Lipinski definition) is 1. The molecule has 0 radical (unpaired) electrons. The summed E-state index contributed by atoms with van der Waals surface area (Å²) in [5.41, 5.74) is 21.0. The molecule has 0 fully saturated rings. The van der Waals surface area contributed by atoms with E-state index in [0.29, 0.717) is 0 Å². The molecular formula is C57H39N3. The quantitative estimate of drug-likeness (QED) is 0.189. The number of hydrogen-bond acceptors (Lipinski definition) is 3. The van der Waals surface area contributed by atoms with Crippen molar-refractivity contribution >= 4 is 28.5 Å². The lowest BCUT2D eigenvalue weighted by Crippen LogP contribution is -2.36. The van der Waals surface area contributed by atoms with Crippen molar-refractivity contribution in [3.63, 3.8) is 0 Å². The number of benzene rings is 9. The van der Waals surface area contributed by atoms with Crippen molar-refractivity contribution < 1.29 is 0 Å². The van der Waals surface area contributed by atoms with E-state index in [1.807, 2.05) is 0 Å². The minimum atomic E-state index is -0.512. The van der Waals surface area contributed by atoms with Crippen LogP contribution in [-0.4, -0.2) is 5.71 Å². The normalized spacial score (nSPS) is 15.2. The molecule has 9 aromatic carbocycles. The van der Waals surface area contributed by atoms with Crippen molar-refractivity contribution in [2.75, 3.05) is 10.2 Å². The van der Waals surface area contributed by atoms with Gasteiger partial charge in [-0.1, -0.05) is 182 Å². The second-order valence-corrected chi connectivity index (χ2v) is 15.9. The van der Waals surface area contributed by atoms with Crippen molar-refractivity contribution in [2.24, 2.45) is 4.99 Å². The van der Waals surface area contributed by atoms with Gasteiger partial charge in [0.2, 0.25) is 0 Å². The molecule has 60 heavy (non-hydrogen) atoms. The third-order valence-corrected chi connectivity index (χ3v) is 12.7. The van der Waals surface area contributed by atoms with Gasteiger partial charge in [0.25, 0.3) is 0 Å². The monoisotopic (exact) mass is 765 g/mol. The molecule has 1 N–H and O–H groups in total. The molecule has 9 aromatic rings. The summed E-state index contributed by atoms with van der Waals surface area (Å²) in [6, 6.07) is 81.7. The summed E-state index contributed by atoms with van der Waals surface area (Å²) < 4.78 is 0. The Bertz CT molecular complexity index is 3080. The van der Waals surface area contributed by atoms with Crippen LogP contribution < -0.4 is 10.2 Å². The van der Waals surface area contributed by atoms with Crippen molar-refractivity contribution in [3.05, 3.63) is 263 Å². The van der Waals surface area contributed by atoms with Gasteiger partial charge in [0.15, 0.2) is 0 Å². The van der Waals surface area contributed by atoms with Crippen molar-refractivity contribution in [3.8, 4) is 33.4 Å². The number of nitrogens with zero attached hydrogens (tertiary/aromatic N) is 2. The van der Waals surface area contributed by atoms with Crippen molar-refractivity contribution in [2.45, 2.75) is 11.6 Å². The zero-order valence-corrected chi connectivity index (χ0v) is 32.8. The largest absolute Gasteiger partial charge is 0.360 e. The maximum Gasteiger partial charge on any atom is 0.145 e. The first kappa shape index (κ1) is 34.3. The van der Waals surface area contributed by atoms with Gasteiger partial charge in [-0.15, -0.1) is 0 Å². The number of aliphatic imine (C=N–C) groups is 1. The van der Waals surface area contributed by atoms with Gasteiger partial charge >= 0.3 is 0 Å². The van der Waals surface area contributed by atoms with E-state index in [4.69, 9.17) is 4.99 Å². The Labute approximate surface area is 350 Å². The lowest BCUT2D eigenvalue weighted by Gasteiger charge is -2.45. The predicted molar refractivity (Wildman–Crippen MR) is 248 cm³/mol. The Morgan fingerprint density at radius 3 is 1.67 bits per heavy atom. The summed E-state index contributed by atoms with van der Waals surface area (Å²) in [4.78, 5) is 7.87. The van der Waals surface area contributed by atoms with E-state index in [-0.39, 0.29) is 6.17 Å². The fraction of sp³-hybridized carbons (Fsp3) is 0.0351. The Morgan fingerprint density at radius 2 is 0.917 bits per heavy atom. The summed E-state index contributed by atoms with van der Waals surface area (Å²) in [5, 5.41) is 3.78. The van der Waals surface area contributed by atoms with E-state index in [9.17, 15) is 0 Å². The van der Waals surface area contributed by atoms with E-state index >= 15 is 0 Å². The van der Waals surface area contributed by atoms with E-state index in [1.54, 1.807) is 0 Å². The average molecular weight is 766 g/mol. The highest BCUT2D eigenvalue weighted by atomic mass is 15.2. The maximum absolute atomic E-state index is 5.44. The molecule has 0 aromatic heterocycles. The zero-order chi connectivity index (χ0) is 39.6. The number of anilines is 4. The minimum Gasteiger partial charge on any atom is -0.360 e. The van der Waals surface area contributed by atoms with Crippen LogP contribution in [0.4, 0.5) is 22.7 Å². The fourth-order valence-electron chi connectivity index (χ4n) is 10.1. The highest BCUT2D eigenvalue weighted by molar-refractivity contribution is 6.17. The Kier molecular flexibility index (Phi) is 7.82. The third-order valence-electron chi connectivity index (χ3n) is 12.7. The van der Waals surface area contributed by atoms with Crippen LogP contribution in [0.5, 0.6) is 0 Å². The van der Waals surface area contributed by atoms with Gasteiger partial charge in [0.05, 0.1) is 22.5 Å². The molecule has 282 valence electrons. The smallest absolute Gasteiger partial charge is 0.145 e. The lowest BCUT2D eigenvalue weighted by atomic mass is 9.64. The highest BCUT2D eigenvalue weighted by Crippen LogP contribution is 2.63. The van der Waals surface area contributed by atoms with Crippen molar-refractivity contribution in [1.82, 2.24) is 0 Å². The van der Waals surface area contributed by atoms with Crippen LogP contribution in [0.25, 0.3) is 33.4 Å². The first-order valence-corrected chi connectivity index (χ1v) is 20.7. The van der Waals surface area contributed by atoms with Gasteiger partial charge in [-0.25, -0.2) is 0 Å². The minimum absolute atomic E-state index is 0.255. The zero-order valence-electron chi connectivity index (χ0n) is 32.8. The molecule has 1 atom stereocenters. The van der Waals surface area contributed by atoms with Gasteiger partial charge in [-0.3, -0.25) is 4.99 Å². The SMILES string of the molecule is c1ccc(-c2ccc(C3=NC(c4cccc(-c5ccc6c(c5)C5(c7ccccc7-6)c6ccccc6N(c6ccccc6)c6ccccc65)c4)Nc4ccccc43)cc2)cc1. The molecule has 2 heterocycles. The highest BCUT2D eigenvalue weighted by Gasteiger charge is 2.51. The van der Waals surface area contributed by atoms with E-state index in [1.165, 1.54) is 61.4 Å². The molecule has 0 saturated carbocycles. The first-order chi connectivity index (χ1) is 29.8. The van der Waals surface area contributed by atoms with Gasteiger partial charge in [0, 0.05) is 22.5 Å². The summed E-state index contributed by atoms with van der Waals surface area (Å²) in [6.07, 6.45) is -0.255. The van der Waals surface area contributed by atoms with Gasteiger partial charge in [0.1, 0.15) is 6.17 Å². The molecular weight excluding hydrogens is 727 g/mol. The molecule has 3 nitrogen and oxygen atoms in total. The fourth-order valence-corrected chi connectivity index (χ4v) is 10.1. The standard InChI is InChI=1S/C57H39N3/c1-3-16-38(17-4-1)39-30-32-40(33-31-39)55-47-23-8-12-27-52(47)58-56(59-55)43-19-15-18-41(36-43)42-34-35-46-45-22-7-9-24-48(45)57(51(46)37-42)49-25-10-13-28-53(49)60(44-20-5-2-6-21-44)54-29-14-11-26-50(54)57/h1-37,56,58H. The second-order valence-electron chi connectivity index (χ2n) is 15.9. The summed E-state index contributed by atoms with van der Waals surface area (Å²) in [6.45, 7) is 0. The Morgan fingerprint density at radius 1 is 0.383 bits per heavy atom. The van der Waals surface area contributed by atoms with Crippen LogP contribution in [-0.2, 0) is 5.41 Å². The van der Waals surface area contributed by atoms with E-state index < -0.39 is 5.41 Å². The number of fused-ring (bicyclic) bond motifs is 10. The molecule has 1 aliphatic carbocycles. The van der Waals surface area contributed by atoms with Crippen LogP contribution in [0, 0.1) is 0 Å². The summed E-state index contributed by atoms with van der Waals surface area (Å²) in [5.74, 6) is 0. The van der Waals surface area contributed by atoms with Crippen LogP contribution >= 0.6 is 0 Å². The first-order valence-electron chi connectivity index (χ1n) is 20.7. The second kappa shape index (κ2) is 13.7. The average Bonchev–Trinajstić information content (AvgIpc) is 3.62. The molecule has 3 heteroatoms. The van der Waals surface area contributed by atoms with Gasteiger partial charge in [-0.05, 0) is 104 Å². The number of rotatable bonds is 5. The van der Waals surface area contributed by atoms with Crippen LogP contribution in [0.1, 0.15) is 45.1 Å². The van der Waals surface area contributed by atoms with Gasteiger partial charge in [-0.2, -0.15) is 0 Å². The van der Waals surface area contributed by atoms with E-state index in [0.717, 1.165) is 39.3 Å². The maximum atomic E-state index is 5.44.